The van der Waals surface area contributed by atoms with E-state index < -0.39 is 5.91 Å². The molecule has 0 unspecified atom stereocenters. The van der Waals surface area contributed by atoms with Crippen LogP contribution in [0.1, 0.15) is 33.0 Å². The van der Waals surface area contributed by atoms with E-state index in [1.807, 2.05) is 32.0 Å². The number of carbonyl (C=O) groups excluding carboxylic acids is 1. The van der Waals surface area contributed by atoms with Gasteiger partial charge in [0.15, 0.2) is 11.6 Å². The highest BCUT2D eigenvalue weighted by molar-refractivity contribution is 9.10. The van der Waals surface area contributed by atoms with Crippen LogP contribution in [-0.2, 0) is 13.2 Å². The number of rotatable bonds is 7. The number of anilines is 1. The Morgan fingerprint density at radius 1 is 1.09 bits per heavy atom. The van der Waals surface area contributed by atoms with Gasteiger partial charge in [0.05, 0.1) is 21.1 Å². The summed E-state index contributed by atoms with van der Waals surface area (Å²) in [7, 11) is 0. The highest BCUT2D eigenvalue weighted by Gasteiger charge is 2.16. The normalized spacial score (nSPS) is 10.9. The van der Waals surface area contributed by atoms with Gasteiger partial charge in [0.25, 0.3) is 5.91 Å². The van der Waals surface area contributed by atoms with Crippen molar-refractivity contribution in [3.8, 4) is 5.75 Å². The zero-order valence-corrected chi connectivity index (χ0v) is 21.0. The van der Waals surface area contributed by atoms with Crippen molar-refractivity contribution < 1.29 is 13.9 Å². The summed E-state index contributed by atoms with van der Waals surface area (Å²) in [5.74, 6) is 1.44. The molecule has 0 saturated carbocycles. The number of ether oxygens (including phenoxy) is 1. The van der Waals surface area contributed by atoms with Crippen LogP contribution in [0, 0.1) is 13.8 Å². The number of hydrogen-bond donors (Lipinski definition) is 1. The van der Waals surface area contributed by atoms with Crippen molar-refractivity contribution in [2.45, 2.75) is 27.0 Å². The molecule has 0 spiro atoms. The Hall–Kier alpha value is -2.74. The fraction of sp³-hybridized carbons (Fsp3) is 0.167. The molecule has 0 aliphatic carbocycles. The molecule has 2 heterocycles. The minimum absolute atomic E-state index is 0.167. The molecule has 0 fully saturated rings. The van der Waals surface area contributed by atoms with Crippen LogP contribution >= 0.6 is 39.1 Å². The van der Waals surface area contributed by atoms with Crippen LogP contribution in [0.25, 0.3) is 0 Å². The molecule has 2 aromatic heterocycles. The lowest BCUT2D eigenvalue weighted by molar-refractivity contribution is 0.0992. The Bertz CT molecular complexity index is 1300. The van der Waals surface area contributed by atoms with Gasteiger partial charge in [-0.3, -0.25) is 9.48 Å². The van der Waals surface area contributed by atoms with Crippen molar-refractivity contribution in [3.63, 3.8) is 0 Å². The Morgan fingerprint density at radius 2 is 1.85 bits per heavy atom. The summed E-state index contributed by atoms with van der Waals surface area (Å²) in [5.41, 5.74) is 3.17. The van der Waals surface area contributed by atoms with Crippen molar-refractivity contribution in [3.05, 3.63) is 97.5 Å². The summed E-state index contributed by atoms with van der Waals surface area (Å²) in [6, 6.07) is 14.7. The van der Waals surface area contributed by atoms with Gasteiger partial charge in [0.2, 0.25) is 0 Å². The fourth-order valence-electron chi connectivity index (χ4n) is 3.31. The Labute approximate surface area is 209 Å². The van der Waals surface area contributed by atoms with Crippen molar-refractivity contribution in [2.24, 2.45) is 0 Å². The van der Waals surface area contributed by atoms with E-state index in [9.17, 15) is 4.79 Å². The zero-order valence-electron chi connectivity index (χ0n) is 17.9. The molecule has 0 aliphatic heterocycles. The monoisotopic (exact) mass is 547 g/mol. The first kappa shape index (κ1) is 23.4. The van der Waals surface area contributed by atoms with E-state index in [2.05, 4.69) is 32.4 Å². The molecule has 170 valence electrons. The molecule has 0 atom stereocenters. The largest absolute Gasteiger partial charge is 0.486 e. The number of amides is 1. The second kappa shape index (κ2) is 10.0. The minimum Gasteiger partial charge on any atom is -0.486 e. The molecule has 0 saturated heterocycles. The van der Waals surface area contributed by atoms with Gasteiger partial charge in [0.1, 0.15) is 18.1 Å². The van der Waals surface area contributed by atoms with Crippen LogP contribution in [0.2, 0.25) is 10.0 Å². The molecule has 6 nitrogen and oxygen atoms in total. The van der Waals surface area contributed by atoms with Crippen LogP contribution in [0.4, 0.5) is 5.82 Å². The average Bonchev–Trinajstić information content (AvgIpc) is 3.35. The molecule has 0 aliphatic rings. The molecular weight excluding hydrogens is 529 g/mol. The van der Waals surface area contributed by atoms with Gasteiger partial charge in [-0.15, -0.1) is 0 Å². The van der Waals surface area contributed by atoms with E-state index in [4.69, 9.17) is 32.4 Å². The van der Waals surface area contributed by atoms with Crippen molar-refractivity contribution in [2.75, 3.05) is 5.32 Å². The van der Waals surface area contributed by atoms with E-state index in [0.29, 0.717) is 32.6 Å². The number of nitrogens with one attached hydrogen (secondary N) is 1. The smallest absolute Gasteiger partial charge is 0.292 e. The van der Waals surface area contributed by atoms with Gasteiger partial charge in [-0.25, -0.2) is 0 Å². The second-order valence-corrected chi connectivity index (χ2v) is 9.27. The van der Waals surface area contributed by atoms with Crippen molar-refractivity contribution in [1.82, 2.24) is 9.78 Å². The third kappa shape index (κ3) is 5.99. The first-order chi connectivity index (χ1) is 15.8. The van der Waals surface area contributed by atoms with Gasteiger partial charge in [-0.1, -0.05) is 35.3 Å². The average molecular weight is 549 g/mol. The van der Waals surface area contributed by atoms with E-state index in [1.165, 1.54) is 0 Å². The number of aryl methyl sites for hydroxylation is 2. The number of aromatic nitrogens is 2. The highest BCUT2D eigenvalue weighted by atomic mass is 79.9. The summed E-state index contributed by atoms with van der Waals surface area (Å²) in [4.78, 5) is 12.6. The topological polar surface area (TPSA) is 69.3 Å². The van der Waals surface area contributed by atoms with Gasteiger partial charge in [-0.2, -0.15) is 5.10 Å². The molecular formula is C24H20BrCl2N3O3. The number of carbonyl (C=O) groups is 1. The van der Waals surface area contributed by atoms with E-state index >= 15 is 0 Å². The van der Waals surface area contributed by atoms with E-state index in [-0.39, 0.29) is 12.4 Å². The molecule has 1 amide bonds. The maximum Gasteiger partial charge on any atom is 0.292 e. The first-order valence-electron chi connectivity index (χ1n) is 10.0. The van der Waals surface area contributed by atoms with Crippen LogP contribution in [0.15, 0.2) is 63.6 Å². The van der Waals surface area contributed by atoms with E-state index in [0.717, 1.165) is 22.4 Å². The number of hydrogen-bond acceptors (Lipinski definition) is 4. The molecule has 9 heteroatoms. The molecule has 0 radical (unpaired) electrons. The molecule has 4 rings (SSSR count). The first-order valence-corrected chi connectivity index (χ1v) is 11.6. The van der Waals surface area contributed by atoms with E-state index in [1.54, 1.807) is 35.1 Å². The summed E-state index contributed by atoms with van der Waals surface area (Å²) in [6.07, 6.45) is 1.77. The molecule has 0 bridgehead atoms. The summed E-state index contributed by atoms with van der Waals surface area (Å²) >= 11 is 15.5. The Morgan fingerprint density at radius 3 is 2.58 bits per heavy atom. The van der Waals surface area contributed by atoms with Crippen molar-refractivity contribution in [1.29, 1.82) is 0 Å². The molecule has 33 heavy (non-hydrogen) atoms. The van der Waals surface area contributed by atoms with Crippen molar-refractivity contribution >= 4 is 50.9 Å². The number of benzene rings is 2. The van der Waals surface area contributed by atoms with Crippen LogP contribution in [0.3, 0.4) is 0 Å². The SMILES string of the molecule is Cc1cc(C)cc(OCc2ccc(C(=O)Nc3nn(Cc4ccc(Cl)c(Cl)c4)cc3Br)o2)c1. The number of halogens is 3. The predicted octanol–water partition coefficient (Wildman–Crippen LogP) is 7.04. The van der Waals surface area contributed by atoms with Crippen LogP contribution in [0.5, 0.6) is 5.75 Å². The third-order valence-corrected chi connectivity index (χ3v) is 6.06. The Kier molecular flexibility index (Phi) is 7.12. The van der Waals surface area contributed by atoms with Crippen LogP contribution < -0.4 is 10.1 Å². The van der Waals surface area contributed by atoms with Gasteiger partial charge < -0.3 is 14.5 Å². The number of furan rings is 1. The van der Waals surface area contributed by atoms with Crippen LogP contribution in [-0.4, -0.2) is 15.7 Å². The lowest BCUT2D eigenvalue weighted by Gasteiger charge is -2.06. The number of nitrogens with zero attached hydrogens (tertiary/aromatic N) is 2. The zero-order chi connectivity index (χ0) is 23.5. The molecule has 2 aromatic carbocycles. The maximum absolute atomic E-state index is 12.6. The summed E-state index contributed by atoms with van der Waals surface area (Å²) < 4.78 is 13.8. The second-order valence-electron chi connectivity index (χ2n) is 7.60. The van der Waals surface area contributed by atoms with Gasteiger partial charge in [-0.05, 0) is 82.9 Å². The molecule has 1 N–H and O–H groups in total. The maximum atomic E-state index is 12.6. The third-order valence-electron chi connectivity index (χ3n) is 4.74. The fourth-order valence-corrected chi connectivity index (χ4v) is 4.04. The summed E-state index contributed by atoms with van der Waals surface area (Å²) in [5, 5.41) is 8.14. The predicted molar refractivity (Wildman–Crippen MR) is 132 cm³/mol. The van der Waals surface area contributed by atoms with Gasteiger partial charge in [0, 0.05) is 6.20 Å². The highest BCUT2D eigenvalue weighted by Crippen LogP contribution is 2.25. The van der Waals surface area contributed by atoms with Gasteiger partial charge >= 0.3 is 0 Å². The summed E-state index contributed by atoms with van der Waals surface area (Å²) in [6.45, 7) is 4.71. The quantitative estimate of drug-likeness (QED) is 0.269. The Balaban J connectivity index is 1.38. The standard InChI is InChI=1S/C24H20BrCl2N3O3/c1-14-7-15(2)9-18(8-14)32-13-17-4-6-22(33-17)24(31)28-23-19(25)12-30(29-23)11-16-3-5-20(26)21(27)10-16/h3-10,12H,11,13H2,1-2H3,(H,28,29,31). The lowest BCUT2D eigenvalue weighted by atomic mass is 10.1. The molecule has 4 aromatic rings. The lowest BCUT2D eigenvalue weighted by Crippen LogP contribution is -2.12. The minimum atomic E-state index is -0.409.